The number of Topliss-reactive ketones (excluding diaryl/α,β-unsaturated/α-hetero) is 1. The maximum Gasteiger partial charge on any atom is 0.139 e. The normalized spacial score (nSPS) is 42.6. The summed E-state index contributed by atoms with van der Waals surface area (Å²) in [6.45, 7) is 2.14. The van der Waals surface area contributed by atoms with E-state index in [9.17, 15) is 4.79 Å². The van der Waals surface area contributed by atoms with Crippen molar-refractivity contribution in [3.63, 3.8) is 0 Å². The van der Waals surface area contributed by atoms with Gasteiger partial charge in [0.1, 0.15) is 5.78 Å². The van der Waals surface area contributed by atoms with Crippen LogP contribution < -0.4 is 0 Å². The zero-order valence-corrected chi connectivity index (χ0v) is 6.97. The van der Waals surface area contributed by atoms with Gasteiger partial charge in [-0.15, -0.1) is 0 Å². The number of carbonyl (C=O) groups excluding carboxylic acids is 1. The molecule has 0 N–H and O–H groups in total. The van der Waals surface area contributed by atoms with Crippen molar-refractivity contribution in [1.29, 1.82) is 0 Å². The van der Waals surface area contributed by atoms with E-state index in [-0.39, 0.29) is 5.41 Å². The first kappa shape index (κ1) is 7.08. The van der Waals surface area contributed by atoms with Gasteiger partial charge in [-0.1, -0.05) is 19.1 Å². The second-order valence-corrected chi connectivity index (χ2v) is 3.95. The van der Waals surface area contributed by atoms with Crippen LogP contribution in [0.3, 0.4) is 0 Å². The van der Waals surface area contributed by atoms with Crippen molar-refractivity contribution in [2.24, 2.45) is 11.3 Å². The number of hydrogen-bond donors (Lipinski definition) is 0. The summed E-state index contributed by atoms with van der Waals surface area (Å²) in [7, 11) is 0. The summed E-state index contributed by atoms with van der Waals surface area (Å²) < 4.78 is 0. The van der Waals surface area contributed by atoms with Crippen LogP contribution in [0.5, 0.6) is 0 Å². The monoisotopic (exact) mass is 150 g/mol. The molecule has 60 valence electrons. The number of carbonyl (C=O) groups is 1. The summed E-state index contributed by atoms with van der Waals surface area (Å²) in [5, 5.41) is 0. The van der Waals surface area contributed by atoms with E-state index in [0.717, 1.165) is 25.7 Å². The standard InChI is InChI=1S/C10H14O/c1-10-7-3-2-4-8(10)5-6-9(10)11/h2,4,8H,3,5-7H2,1H3/t8-,10-/m0/s1. The molecule has 0 aliphatic heterocycles. The van der Waals surface area contributed by atoms with Gasteiger partial charge in [0, 0.05) is 11.8 Å². The van der Waals surface area contributed by atoms with Gasteiger partial charge < -0.3 is 0 Å². The molecule has 1 saturated carbocycles. The van der Waals surface area contributed by atoms with Crippen LogP contribution >= 0.6 is 0 Å². The highest BCUT2D eigenvalue weighted by Crippen LogP contribution is 2.46. The SMILES string of the molecule is C[C@]12CCC=C[C@H]1CCC2=O. The molecule has 0 aromatic carbocycles. The highest BCUT2D eigenvalue weighted by atomic mass is 16.1. The third-order valence-electron chi connectivity index (χ3n) is 3.34. The Bertz CT molecular complexity index is 217. The van der Waals surface area contributed by atoms with Crippen LogP contribution in [0.4, 0.5) is 0 Å². The minimum absolute atomic E-state index is 0.0226. The van der Waals surface area contributed by atoms with Gasteiger partial charge in [0.25, 0.3) is 0 Å². The smallest absolute Gasteiger partial charge is 0.139 e. The number of fused-ring (bicyclic) bond motifs is 1. The highest BCUT2D eigenvalue weighted by Gasteiger charge is 2.44. The predicted molar refractivity (Wildman–Crippen MR) is 44.2 cm³/mol. The van der Waals surface area contributed by atoms with E-state index in [1.807, 2.05) is 0 Å². The van der Waals surface area contributed by atoms with Crippen molar-refractivity contribution in [1.82, 2.24) is 0 Å². The Morgan fingerprint density at radius 2 is 2.45 bits per heavy atom. The molecule has 2 rings (SSSR count). The van der Waals surface area contributed by atoms with Crippen LogP contribution in [0.1, 0.15) is 32.6 Å². The fourth-order valence-electron chi connectivity index (χ4n) is 2.37. The first-order chi connectivity index (χ1) is 5.23. The van der Waals surface area contributed by atoms with Crippen molar-refractivity contribution >= 4 is 5.78 Å². The molecular weight excluding hydrogens is 136 g/mol. The summed E-state index contributed by atoms with van der Waals surface area (Å²) in [4.78, 5) is 11.5. The van der Waals surface area contributed by atoms with E-state index in [4.69, 9.17) is 0 Å². The molecule has 2 atom stereocenters. The van der Waals surface area contributed by atoms with Gasteiger partial charge >= 0.3 is 0 Å². The predicted octanol–water partition coefficient (Wildman–Crippen LogP) is 2.32. The summed E-state index contributed by atoms with van der Waals surface area (Å²) in [5.41, 5.74) is 0.0226. The molecule has 0 saturated heterocycles. The highest BCUT2D eigenvalue weighted by molar-refractivity contribution is 5.87. The van der Waals surface area contributed by atoms with Gasteiger partial charge in [-0.05, 0) is 25.2 Å². The van der Waals surface area contributed by atoms with E-state index in [1.165, 1.54) is 0 Å². The molecular formula is C10H14O. The molecule has 0 bridgehead atoms. The van der Waals surface area contributed by atoms with Crippen LogP contribution in [-0.2, 0) is 4.79 Å². The molecule has 2 aliphatic carbocycles. The molecule has 0 aromatic rings. The Labute approximate surface area is 67.5 Å². The lowest BCUT2D eigenvalue weighted by Crippen LogP contribution is -2.29. The van der Waals surface area contributed by atoms with Gasteiger partial charge in [-0.25, -0.2) is 0 Å². The van der Waals surface area contributed by atoms with E-state index < -0.39 is 0 Å². The average molecular weight is 150 g/mol. The van der Waals surface area contributed by atoms with Crippen LogP contribution in [0.2, 0.25) is 0 Å². The second-order valence-electron chi connectivity index (χ2n) is 3.95. The van der Waals surface area contributed by atoms with E-state index in [0.29, 0.717) is 11.7 Å². The molecule has 0 amide bonds. The van der Waals surface area contributed by atoms with E-state index >= 15 is 0 Å². The van der Waals surface area contributed by atoms with Crippen LogP contribution in [-0.4, -0.2) is 5.78 Å². The molecule has 2 aliphatic rings. The summed E-state index contributed by atoms with van der Waals surface area (Å²) in [6.07, 6.45) is 8.54. The zero-order valence-electron chi connectivity index (χ0n) is 6.97. The largest absolute Gasteiger partial charge is 0.299 e. The molecule has 0 spiro atoms. The Balaban J connectivity index is 2.33. The molecule has 0 heterocycles. The van der Waals surface area contributed by atoms with Gasteiger partial charge in [0.05, 0.1) is 0 Å². The molecule has 1 heteroatoms. The van der Waals surface area contributed by atoms with E-state index in [1.54, 1.807) is 0 Å². The maximum atomic E-state index is 11.5. The lowest BCUT2D eigenvalue weighted by atomic mass is 9.72. The molecule has 1 nitrogen and oxygen atoms in total. The Hall–Kier alpha value is -0.590. The fraction of sp³-hybridized carbons (Fsp3) is 0.700. The van der Waals surface area contributed by atoms with Crippen molar-refractivity contribution in [3.8, 4) is 0 Å². The third kappa shape index (κ3) is 0.867. The summed E-state index contributed by atoms with van der Waals surface area (Å²) in [6, 6.07) is 0. The Morgan fingerprint density at radius 3 is 3.18 bits per heavy atom. The quantitative estimate of drug-likeness (QED) is 0.484. The summed E-state index contributed by atoms with van der Waals surface area (Å²) in [5.74, 6) is 1.05. The lowest BCUT2D eigenvalue weighted by Gasteiger charge is -2.30. The first-order valence-electron chi connectivity index (χ1n) is 4.43. The fourth-order valence-corrected chi connectivity index (χ4v) is 2.37. The molecule has 0 radical (unpaired) electrons. The summed E-state index contributed by atoms with van der Waals surface area (Å²) >= 11 is 0. The Kier molecular flexibility index (Phi) is 1.41. The number of allylic oxidation sites excluding steroid dienone is 2. The zero-order chi connectivity index (χ0) is 7.90. The minimum Gasteiger partial charge on any atom is -0.299 e. The minimum atomic E-state index is 0.0226. The maximum absolute atomic E-state index is 11.5. The van der Waals surface area contributed by atoms with Gasteiger partial charge in [-0.2, -0.15) is 0 Å². The van der Waals surface area contributed by atoms with E-state index in [2.05, 4.69) is 19.1 Å². The Morgan fingerprint density at radius 1 is 1.64 bits per heavy atom. The van der Waals surface area contributed by atoms with Crippen molar-refractivity contribution in [3.05, 3.63) is 12.2 Å². The molecule has 11 heavy (non-hydrogen) atoms. The number of rotatable bonds is 0. The topological polar surface area (TPSA) is 17.1 Å². The molecule has 0 aromatic heterocycles. The third-order valence-corrected chi connectivity index (χ3v) is 3.34. The van der Waals surface area contributed by atoms with Crippen molar-refractivity contribution < 1.29 is 4.79 Å². The second kappa shape index (κ2) is 2.20. The van der Waals surface area contributed by atoms with Crippen molar-refractivity contribution in [2.45, 2.75) is 32.6 Å². The van der Waals surface area contributed by atoms with Gasteiger partial charge in [0.15, 0.2) is 0 Å². The van der Waals surface area contributed by atoms with Gasteiger partial charge in [0.2, 0.25) is 0 Å². The van der Waals surface area contributed by atoms with Gasteiger partial charge in [-0.3, -0.25) is 4.79 Å². The molecule has 0 unspecified atom stereocenters. The van der Waals surface area contributed by atoms with Crippen LogP contribution in [0.25, 0.3) is 0 Å². The van der Waals surface area contributed by atoms with Crippen LogP contribution in [0.15, 0.2) is 12.2 Å². The average Bonchev–Trinajstić information content (AvgIpc) is 2.29. The van der Waals surface area contributed by atoms with Crippen LogP contribution in [0, 0.1) is 11.3 Å². The first-order valence-corrected chi connectivity index (χ1v) is 4.43. The number of ketones is 1. The lowest BCUT2D eigenvalue weighted by molar-refractivity contribution is -0.126. The number of hydrogen-bond acceptors (Lipinski definition) is 1. The molecule has 1 fully saturated rings. The van der Waals surface area contributed by atoms with Crippen molar-refractivity contribution in [2.75, 3.05) is 0 Å².